The number of fused-ring (bicyclic) bond motifs is 5. The lowest BCUT2D eigenvalue weighted by Gasteiger charge is -2.25. The van der Waals surface area contributed by atoms with Crippen molar-refractivity contribution in [2.75, 3.05) is 13.1 Å². The summed E-state index contributed by atoms with van der Waals surface area (Å²) >= 11 is 0. The highest BCUT2D eigenvalue weighted by molar-refractivity contribution is 6.06. The van der Waals surface area contributed by atoms with E-state index in [9.17, 15) is 14.4 Å². The average Bonchev–Trinajstić information content (AvgIpc) is 3.10. The largest absolute Gasteiger partial charge is 0.444 e. The maximum atomic E-state index is 12.8. The van der Waals surface area contributed by atoms with E-state index in [0.717, 1.165) is 0 Å². The van der Waals surface area contributed by atoms with Gasteiger partial charge in [-0.15, -0.1) is 0 Å². The number of hydrogen-bond donors (Lipinski definition) is 1. The number of imide groups is 1. The normalized spacial score (nSPS) is 33.4. The zero-order valence-electron chi connectivity index (χ0n) is 15.6. The van der Waals surface area contributed by atoms with Crippen LogP contribution in [0, 0.1) is 35.5 Å². The third kappa shape index (κ3) is 3.07. The quantitative estimate of drug-likeness (QED) is 0.624. The Labute approximate surface area is 149 Å². The second-order valence-corrected chi connectivity index (χ2v) is 8.67. The van der Waals surface area contributed by atoms with E-state index in [-0.39, 0.29) is 48.6 Å². The first-order valence-electron chi connectivity index (χ1n) is 9.12. The molecule has 5 atom stereocenters. The number of ether oxygens (including phenoxy) is 1. The summed E-state index contributed by atoms with van der Waals surface area (Å²) in [5.74, 6) is 0.619. The first kappa shape index (κ1) is 18.0. The molecule has 1 heterocycles. The van der Waals surface area contributed by atoms with E-state index < -0.39 is 11.7 Å². The summed E-state index contributed by atoms with van der Waals surface area (Å²) in [4.78, 5) is 38.6. The van der Waals surface area contributed by atoms with Gasteiger partial charge in [0.2, 0.25) is 11.8 Å². The monoisotopic (exact) mass is 348 g/mol. The van der Waals surface area contributed by atoms with Crippen LogP contribution in [0.25, 0.3) is 0 Å². The van der Waals surface area contributed by atoms with E-state index in [2.05, 4.69) is 31.3 Å². The van der Waals surface area contributed by atoms with Crippen LogP contribution in [-0.2, 0) is 14.3 Å². The molecule has 1 unspecified atom stereocenters. The maximum absolute atomic E-state index is 12.8. The standard InChI is InChI=1S/C19H28N2O4/c1-10(2)13-11-6-7-12(13)15-14(11)16(22)21(17(15)23)9-8-20-18(24)25-19(3,4)5/h6-7,10-15H,8-9H2,1-5H3,(H,20,24)/t11-,12-,13?,14-,15+/m1/s1. The molecule has 1 N–H and O–H groups in total. The van der Waals surface area contributed by atoms with E-state index in [0.29, 0.717) is 11.8 Å². The lowest BCUT2D eigenvalue weighted by molar-refractivity contribution is -0.141. The van der Waals surface area contributed by atoms with E-state index in [4.69, 9.17) is 4.74 Å². The second kappa shape index (κ2) is 6.15. The number of likely N-dealkylation sites (tertiary alicyclic amines) is 1. The van der Waals surface area contributed by atoms with Gasteiger partial charge in [-0.25, -0.2) is 4.79 Å². The molecule has 2 bridgehead atoms. The van der Waals surface area contributed by atoms with Gasteiger partial charge in [-0.2, -0.15) is 0 Å². The van der Waals surface area contributed by atoms with Gasteiger partial charge < -0.3 is 10.1 Å². The Morgan fingerprint density at radius 3 is 2.12 bits per heavy atom. The van der Waals surface area contributed by atoms with Crippen LogP contribution in [0.3, 0.4) is 0 Å². The summed E-state index contributed by atoms with van der Waals surface area (Å²) in [6, 6.07) is 0. The van der Waals surface area contributed by atoms with Crippen LogP contribution in [0.15, 0.2) is 12.2 Å². The van der Waals surface area contributed by atoms with Gasteiger partial charge in [0.25, 0.3) is 0 Å². The Bertz CT molecular complexity index is 587. The Kier molecular flexibility index (Phi) is 4.41. The number of allylic oxidation sites excluding steroid dienone is 2. The average molecular weight is 348 g/mol. The number of rotatable bonds is 4. The Balaban J connectivity index is 1.59. The van der Waals surface area contributed by atoms with Crippen molar-refractivity contribution in [3.63, 3.8) is 0 Å². The number of carbonyl (C=O) groups is 3. The van der Waals surface area contributed by atoms with Crippen LogP contribution in [0.4, 0.5) is 4.79 Å². The van der Waals surface area contributed by atoms with Gasteiger partial charge in [-0.3, -0.25) is 14.5 Å². The van der Waals surface area contributed by atoms with E-state index in [1.807, 2.05) is 0 Å². The molecule has 1 saturated carbocycles. The lowest BCUT2D eigenvalue weighted by atomic mass is 9.83. The van der Waals surface area contributed by atoms with Crippen molar-refractivity contribution in [1.29, 1.82) is 0 Å². The Morgan fingerprint density at radius 1 is 1.16 bits per heavy atom. The number of carbonyl (C=O) groups excluding carboxylic acids is 3. The minimum Gasteiger partial charge on any atom is -0.444 e. The first-order valence-corrected chi connectivity index (χ1v) is 9.12. The molecule has 0 aromatic carbocycles. The van der Waals surface area contributed by atoms with Gasteiger partial charge in [0.15, 0.2) is 0 Å². The smallest absolute Gasteiger partial charge is 0.407 e. The lowest BCUT2D eigenvalue weighted by Crippen LogP contribution is -2.41. The zero-order chi connectivity index (χ0) is 18.5. The molecule has 1 aliphatic heterocycles. The molecular formula is C19H28N2O4. The van der Waals surface area contributed by atoms with E-state index in [1.54, 1.807) is 20.8 Å². The van der Waals surface area contributed by atoms with Gasteiger partial charge >= 0.3 is 6.09 Å². The minimum atomic E-state index is -0.572. The van der Waals surface area contributed by atoms with Crippen molar-refractivity contribution in [3.8, 4) is 0 Å². The fourth-order valence-corrected chi connectivity index (χ4v) is 4.77. The fraction of sp³-hybridized carbons (Fsp3) is 0.737. The second-order valence-electron chi connectivity index (χ2n) is 8.67. The predicted molar refractivity (Wildman–Crippen MR) is 92.4 cm³/mol. The zero-order valence-corrected chi connectivity index (χ0v) is 15.6. The van der Waals surface area contributed by atoms with Crippen LogP contribution >= 0.6 is 0 Å². The topological polar surface area (TPSA) is 75.7 Å². The summed E-state index contributed by atoms with van der Waals surface area (Å²) in [6.45, 7) is 10.1. The number of nitrogens with one attached hydrogen (secondary N) is 1. The molecule has 6 nitrogen and oxygen atoms in total. The first-order chi connectivity index (χ1) is 11.6. The third-order valence-electron chi connectivity index (χ3n) is 5.54. The summed E-state index contributed by atoms with van der Waals surface area (Å²) in [6.07, 6.45) is 3.72. The number of nitrogens with zero attached hydrogens (tertiary/aromatic N) is 1. The van der Waals surface area contributed by atoms with Gasteiger partial charge in [0, 0.05) is 13.1 Å². The van der Waals surface area contributed by atoms with E-state index in [1.165, 1.54) is 4.90 Å². The van der Waals surface area contributed by atoms with Crippen molar-refractivity contribution in [2.24, 2.45) is 35.5 Å². The molecule has 3 amide bonds. The van der Waals surface area contributed by atoms with Crippen LogP contribution in [0.2, 0.25) is 0 Å². The fourth-order valence-electron chi connectivity index (χ4n) is 4.77. The third-order valence-corrected chi connectivity index (χ3v) is 5.54. The molecule has 6 heteroatoms. The highest BCUT2D eigenvalue weighted by Gasteiger charge is 2.63. The van der Waals surface area contributed by atoms with Crippen LogP contribution in [0.1, 0.15) is 34.6 Å². The summed E-state index contributed by atoms with van der Waals surface area (Å²) < 4.78 is 5.17. The molecule has 3 rings (SSSR count). The summed E-state index contributed by atoms with van der Waals surface area (Å²) in [5, 5.41) is 2.62. The molecule has 3 aliphatic rings. The SMILES string of the molecule is CC(C)C1[C@H]2C=C[C@H]1[C@H]1C(=O)N(CCNC(=O)OC(C)(C)C)C(=O)[C@H]12. The molecule has 0 aromatic rings. The highest BCUT2D eigenvalue weighted by atomic mass is 16.6. The molecule has 138 valence electrons. The highest BCUT2D eigenvalue weighted by Crippen LogP contribution is 2.58. The molecule has 0 spiro atoms. The van der Waals surface area contributed by atoms with Crippen molar-refractivity contribution >= 4 is 17.9 Å². The minimum absolute atomic E-state index is 0.0801. The van der Waals surface area contributed by atoms with Crippen LogP contribution in [-0.4, -0.2) is 41.5 Å². The molecule has 0 radical (unpaired) electrons. The maximum Gasteiger partial charge on any atom is 0.407 e. The van der Waals surface area contributed by atoms with Gasteiger partial charge in [0.05, 0.1) is 11.8 Å². The summed E-state index contributed by atoms with van der Waals surface area (Å²) in [5.41, 5.74) is -0.572. The molecule has 2 fully saturated rings. The Morgan fingerprint density at radius 2 is 1.68 bits per heavy atom. The van der Waals surface area contributed by atoms with Gasteiger partial charge in [-0.05, 0) is 44.4 Å². The molecule has 2 aliphatic carbocycles. The van der Waals surface area contributed by atoms with Crippen LogP contribution in [0.5, 0.6) is 0 Å². The summed E-state index contributed by atoms with van der Waals surface area (Å²) in [7, 11) is 0. The number of alkyl carbamates (subject to hydrolysis) is 1. The number of hydrogen-bond acceptors (Lipinski definition) is 4. The Hall–Kier alpha value is -1.85. The molecule has 0 aromatic heterocycles. The van der Waals surface area contributed by atoms with Crippen molar-refractivity contribution in [2.45, 2.75) is 40.2 Å². The van der Waals surface area contributed by atoms with Crippen LogP contribution < -0.4 is 5.32 Å². The van der Waals surface area contributed by atoms with Crippen molar-refractivity contribution in [3.05, 3.63) is 12.2 Å². The van der Waals surface area contributed by atoms with Crippen molar-refractivity contribution in [1.82, 2.24) is 10.2 Å². The number of amides is 3. The molecule has 1 saturated heterocycles. The van der Waals surface area contributed by atoms with Gasteiger partial charge in [-0.1, -0.05) is 26.0 Å². The van der Waals surface area contributed by atoms with E-state index >= 15 is 0 Å². The molecular weight excluding hydrogens is 320 g/mol. The molecule has 25 heavy (non-hydrogen) atoms. The van der Waals surface area contributed by atoms with Crippen molar-refractivity contribution < 1.29 is 19.1 Å². The van der Waals surface area contributed by atoms with Gasteiger partial charge in [0.1, 0.15) is 5.60 Å². The predicted octanol–water partition coefficient (Wildman–Crippen LogP) is 2.20.